The third-order valence-electron chi connectivity index (χ3n) is 4.32. The molecule has 1 N–H and O–H groups in total. The molecule has 0 heterocycles. The van der Waals surface area contributed by atoms with Crippen LogP contribution in [0.3, 0.4) is 0 Å². The van der Waals surface area contributed by atoms with Gasteiger partial charge in [-0.25, -0.2) is 0 Å². The lowest BCUT2D eigenvalue weighted by molar-refractivity contribution is -0.137. The normalized spacial score (nSPS) is 36.9. The van der Waals surface area contributed by atoms with Gasteiger partial charge in [-0.2, -0.15) is 0 Å². The Morgan fingerprint density at radius 2 is 2.00 bits per heavy atom. The van der Waals surface area contributed by atoms with Gasteiger partial charge in [0.25, 0.3) is 0 Å². The van der Waals surface area contributed by atoms with Gasteiger partial charge in [0.2, 0.25) is 0 Å². The van der Waals surface area contributed by atoms with E-state index >= 15 is 0 Å². The Bertz CT molecular complexity index is 374. The van der Waals surface area contributed by atoms with E-state index in [1.165, 1.54) is 31.4 Å². The molecular formula is C14H19N. The molecule has 0 amide bonds. The molecule has 3 fully saturated rings. The second kappa shape index (κ2) is 2.85. The first-order chi connectivity index (χ1) is 7.18. The van der Waals surface area contributed by atoms with Crippen molar-refractivity contribution in [2.24, 2.45) is 5.41 Å². The van der Waals surface area contributed by atoms with Crippen molar-refractivity contribution in [3.05, 3.63) is 35.4 Å². The quantitative estimate of drug-likeness (QED) is 0.792. The molecule has 0 aliphatic heterocycles. The molecule has 2 bridgehead atoms. The van der Waals surface area contributed by atoms with Gasteiger partial charge in [-0.05, 0) is 49.6 Å². The highest BCUT2D eigenvalue weighted by Crippen LogP contribution is 2.73. The molecule has 3 saturated carbocycles. The van der Waals surface area contributed by atoms with Gasteiger partial charge in [0.1, 0.15) is 0 Å². The number of rotatable bonds is 3. The molecule has 1 aromatic rings. The first kappa shape index (κ1) is 9.41. The third-order valence-corrected chi connectivity index (χ3v) is 4.32. The Balaban J connectivity index is 1.78. The fraction of sp³-hybridized carbons (Fsp3) is 0.571. The first-order valence-corrected chi connectivity index (χ1v) is 5.90. The summed E-state index contributed by atoms with van der Waals surface area (Å²) in [6.07, 6.45) is 4.22. The molecule has 4 rings (SSSR count). The molecule has 3 aliphatic carbocycles. The van der Waals surface area contributed by atoms with Gasteiger partial charge >= 0.3 is 0 Å². The Kier molecular flexibility index (Phi) is 1.79. The molecule has 0 radical (unpaired) electrons. The van der Waals surface area contributed by atoms with E-state index in [9.17, 15) is 0 Å². The SMILES string of the molecule is CNCC12CC(c3cccc(C)c3)(C1)C2. The van der Waals surface area contributed by atoms with Gasteiger partial charge in [-0.3, -0.25) is 0 Å². The highest BCUT2D eigenvalue weighted by atomic mass is 14.9. The number of benzene rings is 1. The fourth-order valence-electron chi connectivity index (χ4n) is 3.84. The summed E-state index contributed by atoms with van der Waals surface area (Å²) in [5, 5.41) is 3.33. The average molecular weight is 201 g/mol. The largest absolute Gasteiger partial charge is 0.319 e. The lowest BCUT2D eigenvalue weighted by atomic mass is 9.33. The molecule has 0 spiro atoms. The molecule has 0 aromatic heterocycles. The van der Waals surface area contributed by atoms with Crippen LogP contribution in [-0.2, 0) is 5.41 Å². The summed E-state index contributed by atoms with van der Waals surface area (Å²) in [5.74, 6) is 0. The smallest absolute Gasteiger partial charge is 0.000577 e. The van der Waals surface area contributed by atoms with Crippen molar-refractivity contribution >= 4 is 0 Å². The highest BCUT2D eigenvalue weighted by Gasteiger charge is 2.67. The van der Waals surface area contributed by atoms with Crippen LogP contribution in [0.2, 0.25) is 0 Å². The summed E-state index contributed by atoms with van der Waals surface area (Å²) in [6.45, 7) is 3.40. The van der Waals surface area contributed by atoms with Crippen molar-refractivity contribution in [1.82, 2.24) is 5.32 Å². The maximum Gasteiger partial charge on any atom is 0.000577 e. The van der Waals surface area contributed by atoms with Crippen molar-refractivity contribution in [3.8, 4) is 0 Å². The van der Waals surface area contributed by atoms with Crippen molar-refractivity contribution < 1.29 is 0 Å². The van der Waals surface area contributed by atoms with E-state index in [4.69, 9.17) is 0 Å². The second-order valence-electron chi connectivity index (χ2n) is 5.71. The van der Waals surface area contributed by atoms with Crippen molar-refractivity contribution in [2.75, 3.05) is 13.6 Å². The molecule has 0 atom stereocenters. The van der Waals surface area contributed by atoms with E-state index in [1.807, 2.05) is 0 Å². The summed E-state index contributed by atoms with van der Waals surface area (Å²) >= 11 is 0. The number of nitrogens with one attached hydrogen (secondary N) is 1. The molecule has 1 heteroatoms. The van der Waals surface area contributed by atoms with Crippen LogP contribution in [-0.4, -0.2) is 13.6 Å². The van der Waals surface area contributed by atoms with Crippen LogP contribution in [0.4, 0.5) is 0 Å². The Hall–Kier alpha value is -0.820. The van der Waals surface area contributed by atoms with Gasteiger partial charge < -0.3 is 5.32 Å². The lowest BCUT2D eigenvalue weighted by Gasteiger charge is -2.71. The minimum absolute atomic E-state index is 0.572. The monoisotopic (exact) mass is 201 g/mol. The fourth-order valence-corrected chi connectivity index (χ4v) is 3.84. The van der Waals surface area contributed by atoms with Crippen LogP contribution in [0.1, 0.15) is 30.4 Å². The van der Waals surface area contributed by atoms with Gasteiger partial charge in [0.05, 0.1) is 0 Å². The van der Waals surface area contributed by atoms with Gasteiger partial charge in [0, 0.05) is 6.54 Å². The third kappa shape index (κ3) is 1.19. The van der Waals surface area contributed by atoms with E-state index in [0.717, 1.165) is 0 Å². The first-order valence-electron chi connectivity index (χ1n) is 5.90. The Morgan fingerprint density at radius 1 is 1.27 bits per heavy atom. The zero-order valence-electron chi connectivity index (χ0n) is 9.64. The molecule has 15 heavy (non-hydrogen) atoms. The summed E-state index contributed by atoms with van der Waals surface area (Å²) in [4.78, 5) is 0. The van der Waals surface area contributed by atoms with Crippen LogP contribution in [0, 0.1) is 12.3 Å². The maximum atomic E-state index is 3.33. The van der Waals surface area contributed by atoms with Gasteiger partial charge in [0.15, 0.2) is 0 Å². The zero-order chi connectivity index (χ0) is 10.5. The standard InChI is InChI=1S/C14H19N/c1-11-4-3-5-12(6-11)14-7-13(8-14,9-14)10-15-2/h3-6,15H,7-10H2,1-2H3. The predicted octanol–water partition coefficient (Wildman–Crippen LogP) is 2.64. The van der Waals surface area contributed by atoms with E-state index in [-0.39, 0.29) is 0 Å². The van der Waals surface area contributed by atoms with E-state index < -0.39 is 0 Å². The van der Waals surface area contributed by atoms with Gasteiger partial charge in [-0.15, -0.1) is 0 Å². The van der Waals surface area contributed by atoms with Crippen LogP contribution in [0.15, 0.2) is 24.3 Å². The summed E-state index contributed by atoms with van der Waals surface area (Å²) in [6, 6.07) is 9.09. The minimum atomic E-state index is 0.572. The average Bonchev–Trinajstić information content (AvgIpc) is 2.08. The highest BCUT2D eigenvalue weighted by molar-refractivity contribution is 5.40. The van der Waals surface area contributed by atoms with E-state index in [2.05, 4.69) is 43.6 Å². The number of hydrogen-bond donors (Lipinski definition) is 1. The second-order valence-corrected chi connectivity index (χ2v) is 5.71. The van der Waals surface area contributed by atoms with Crippen molar-refractivity contribution in [2.45, 2.75) is 31.6 Å². The number of hydrogen-bond acceptors (Lipinski definition) is 1. The molecule has 0 saturated heterocycles. The molecule has 1 nitrogen and oxygen atoms in total. The molecule has 1 aromatic carbocycles. The summed E-state index contributed by atoms with van der Waals surface area (Å²) < 4.78 is 0. The van der Waals surface area contributed by atoms with Gasteiger partial charge in [-0.1, -0.05) is 29.8 Å². The summed E-state index contributed by atoms with van der Waals surface area (Å²) in [7, 11) is 2.07. The molecule has 80 valence electrons. The topological polar surface area (TPSA) is 12.0 Å². The minimum Gasteiger partial charge on any atom is -0.319 e. The lowest BCUT2D eigenvalue weighted by Crippen LogP contribution is -2.67. The molecule has 0 unspecified atom stereocenters. The Morgan fingerprint density at radius 3 is 2.60 bits per heavy atom. The predicted molar refractivity (Wildman–Crippen MR) is 63.1 cm³/mol. The zero-order valence-corrected chi connectivity index (χ0v) is 9.64. The molecular weight excluding hydrogens is 182 g/mol. The van der Waals surface area contributed by atoms with Crippen LogP contribution >= 0.6 is 0 Å². The summed E-state index contributed by atoms with van der Waals surface area (Å²) in [5.41, 5.74) is 4.22. The van der Waals surface area contributed by atoms with Crippen molar-refractivity contribution in [3.63, 3.8) is 0 Å². The number of aryl methyl sites for hydroxylation is 1. The van der Waals surface area contributed by atoms with E-state index in [0.29, 0.717) is 10.8 Å². The maximum absolute atomic E-state index is 3.33. The van der Waals surface area contributed by atoms with Crippen molar-refractivity contribution in [1.29, 1.82) is 0 Å². The van der Waals surface area contributed by atoms with Crippen LogP contribution in [0.25, 0.3) is 0 Å². The van der Waals surface area contributed by atoms with Crippen LogP contribution < -0.4 is 5.32 Å². The molecule has 3 aliphatic rings. The van der Waals surface area contributed by atoms with E-state index in [1.54, 1.807) is 5.56 Å². The Labute approximate surface area is 91.9 Å². The van der Waals surface area contributed by atoms with Crippen LogP contribution in [0.5, 0.6) is 0 Å².